The van der Waals surface area contributed by atoms with E-state index in [2.05, 4.69) is 50.2 Å². The standard InChI is InChI=1S/C15H24BrN3/c1-2-3-4-5-15(19-10-8-17-9-11-19)14-7-6-13(16)12-18-14/h6-7,12,15,17H,2-5,8-11H2,1H3/t15-/m0/s1. The third kappa shape index (κ3) is 4.55. The molecule has 0 bridgehead atoms. The maximum absolute atomic E-state index is 4.62. The Morgan fingerprint density at radius 2 is 2.11 bits per heavy atom. The van der Waals surface area contributed by atoms with E-state index >= 15 is 0 Å². The van der Waals surface area contributed by atoms with Gasteiger partial charge in [-0.05, 0) is 34.5 Å². The molecule has 0 amide bonds. The summed E-state index contributed by atoms with van der Waals surface area (Å²) in [6, 6.07) is 4.77. The first kappa shape index (κ1) is 14.9. The maximum atomic E-state index is 4.62. The van der Waals surface area contributed by atoms with Gasteiger partial charge in [-0.25, -0.2) is 0 Å². The van der Waals surface area contributed by atoms with Crippen LogP contribution < -0.4 is 5.32 Å². The molecule has 1 aromatic heterocycles. The molecular weight excluding hydrogens is 302 g/mol. The highest BCUT2D eigenvalue weighted by Gasteiger charge is 2.22. The smallest absolute Gasteiger partial charge is 0.0576 e. The van der Waals surface area contributed by atoms with E-state index in [-0.39, 0.29) is 0 Å². The second-order valence-corrected chi connectivity index (χ2v) is 6.11. The zero-order valence-corrected chi connectivity index (χ0v) is 13.3. The maximum Gasteiger partial charge on any atom is 0.0576 e. The summed E-state index contributed by atoms with van der Waals surface area (Å²) in [5, 5.41) is 3.43. The van der Waals surface area contributed by atoms with Gasteiger partial charge in [-0.1, -0.05) is 26.2 Å². The molecule has 1 N–H and O–H groups in total. The summed E-state index contributed by atoms with van der Waals surface area (Å²) < 4.78 is 1.06. The van der Waals surface area contributed by atoms with Crippen LogP contribution in [0.15, 0.2) is 22.8 Å². The third-order valence-electron chi connectivity index (χ3n) is 3.77. The van der Waals surface area contributed by atoms with Crippen LogP contribution in [0.2, 0.25) is 0 Å². The predicted octanol–water partition coefficient (Wildman–Crippen LogP) is 3.37. The zero-order valence-electron chi connectivity index (χ0n) is 11.7. The van der Waals surface area contributed by atoms with Crippen molar-refractivity contribution < 1.29 is 0 Å². The summed E-state index contributed by atoms with van der Waals surface area (Å²) in [5.74, 6) is 0. The normalized spacial score (nSPS) is 18.4. The fourth-order valence-corrected chi connectivity index (χ4v) is 2.92. The van der Waals surface area contributed by atoms with Crippen molar-refractivity contribution in [2.24, 2.45) is 0 Å². The summed E-state index contributed by atoms with van der Waals surface area (Å²) in [6.45, 7) is 6.72. The minimum Gasteiger partial charge on any atom is -0.314 e. The van der Waals surface area contributed by atoms with Gasteiger partial charge in [0.15, 0.2) is 0 Å². The Kier molecular flexibility index (Phi) is 6.28. The average molecular weight is 326 g/mol. The first-order valence-corrected chi connectivity index (χ1v) is 8.16. The van der Waals surface area contributed by atoms with Crippen LogP contribution in [-0.2, 0) is 0 Å². The number of hydrogen-bond donors (Lipinski definition) is 1. The van der Waals surface area contributed by atoms with E-state index in [0.29, 0.717) is 6.04 Å². The van der Waals surface area contributed by atoms with Crippen molar-refractivity contribution >= 4 is 15.9 Å². The highest BCUT2D eigenvalue weighted by molar-refractivity contribution is 9.10. The van der Waals surface area contributed by atoms with Crippen LogP contribution in [0.1, 0.15) is 44.3 Å². The second-order valence-electron chi connectivity index (χ2n) is 5.20. The molecule has 0 radical (unpaired) electrons. The number of piperazine rings is 1. The number of unbranched alkanes of at least 4 members (excludes halogenated alkanes) is 2. The van der Waals surface area contributed by atoms with E-state index in [1.807, 2.05) is 6.20 Å². The van der Waals surface area contributed by atoms with Gasteiger partial charge in [-0.2, -0.15) is 0 Å². The molecule has 106 valence electrons. The van der Waals surface area contributed by atoms with Gasteiger partial charge in [-0.15, -0.1) is 0 Å². The van der Waals surface area contributed by atoms with Gasteiger partial charge in [0, 0.05) is 36.8 Å². The summed E-state index contributed by atoms with van der Waals surface area (Å²) in [4.78, 5) is 7.21. The Balaban J connectivity index is 2.05. The van der Waals surface area contributed by atoms with Crippen molar-refractivity contribution in [1.29, 1.82) is 0 Å². The minimum atomic E-state index is 0.488. The van der Waals surface area contributed by atoms with Crippen LogP contribution in [-0.4, -0.2) is 36.1 Å². The zero-order chi connectivity index (χ0) is 13.5. The SMILES string of the molecule is CCCCC[C@@H](c1ccc(Br)cn1)N1CCNCC1. The number of aromatic nitrogens is 1. The van der Waals surface area contributed by atoms with E-state index < -0.39 is 0 Å². The van der Waals surface area contributed by atoms with Crippen LogP contribution in [0.4, 0.5) is 0 Å². The van der Waals surface area contributed by atoms with Crippen LogP contribution >= 0.6 is 15.9 Å². The van der Waals surface area contributed by atoms with E-state index in [4.69, 9.17) is 0 Å². The quantitative estimate of drug-likeness (QED) is 0.813. The van der Waals surface area contributed by atoms with Gasteiger partial charge in [0.25, 0.3) is 0 Å². The number of nitrogens with one attached hydrogen (secondary N) is 1. The number of hydrogen-bond acceptors (Lipinski definition) is 3. The Labute approximate surface area is 124 Å². The highest BCUT2D eigenvalue weighted by Crippen LogP contribution is 2.26. The van der Waals surface area contributed by atoms with Gasteiger partial charge in [0.1, 0.15) is 0 Å². The number of pyridine rings is 1. The number of halogens is 1. The molecule has 0 unspecified atom stereocenters. The van der Waals surface area contributed by atoms with Crippen LogP contribution in [0, 0.1) is 0 Å². The average Bonchev–Trinajstić information content (AvgIpc) is 2.46. The van der Waals surface area contributed by atoms with Crippen molar-refractivity contribution in [1.82, 2.24) is 15.2 Å². The lowest BCUT2D eigenvalue weighted by Gasteiger charge is -2.34. The van der Waals surface area contributed by atoms with E-state index in [9.17, 15) is 0 Å². The van der Waals surface area contributed by atoms with Crippen molar-refractivity contribution in [2.75, 3.05) is 26.2 Å². The largest absolute Gasteiger partial charge is 0.314 e. The lowest BCUT2D eigenvalue weighted by atomic mass is 10.0. The number of nitrogens with zero attached hydrogens (tertiary/aromatic N) is 2. The molecule has 1 aliphatic heterocycles. The van der Waals surface area contributed by atoms with Gasteiger partial charge in [-0.3, -0.25) is 9.88 Å². The monoisotopic (exact) mass is 325 g/mol. The van der Waals surface area contributed by atoms with E-state index in [1.54, 1.807) is 0 Å². The molecular formula is C15H24BrN3. The van der Waals surface area contributed by atoms with Crippen molar-refractivity contribution in [2.45, 2.75) is 38.6 Å². The molecule has 1 aromatic rings. The van der Waals surface area contributed by atoms with Gasteiger partial charge >= 0.3 is 0 Å². The lowest BCUT2D eigenvalue weighted by molar-refractivity contribution is 0.159. The molecule has 3 nitrogen and oxygen atoms in total. The topological polar surface area (TPSA) is 28.2 Å². The fourth-order valence-electron chi connectivity index (χ4n) is 2.68. The predicted molar refractivity (Wildman–Crippen MR) is 83.3 cm³/mol. The molecule has 19 heavy (non-hydrogen) atoms. The molecule has 0 spiro atoms. The number of rotatable bonds is 6. The molecule has 1 aliphatic rings. The molecule has 2 heterocycles. The van der Waals surface area contributed by atoms with E-state index in [1.165, 1.54) is 31.4 Å². The Hall–Kier alpha value is -0.450. The molecule has 0 aromatic carbocycles. The molecule has 1 saturated heterocycles. The summed E-state index contributed by atoms with van der Waals surface area (Å²) in [6.07, 6.45) is 7.04. The highest BCUT2D eigenvalue weighted by atomic mass is 79.9. The van der Waals surface area contributed by atoms with Crippen molar-refractivity contribution in [3.63, 3.8) is 0 Å². The Morgan fingerprint density at radius 3 is 2.74 bits per heavy atom. The minimum absolute atomic E-state index is 0.488. The third-order valence-corrected chi connectivity index (χ3v) is 4.23. The second kappa shape index (κ2) is 7.98. The Bertz CT molecular complexity index is 360. The van der Waals surface area contributed by atoms with Gasteiger partial charge < -0.3 is 5.32 Å². The van der Waals surface area contributed by atoms with Crippen molar-refractivity contribution in [3.8, 4) is 0 Å². The van der Waals surface area contributed by atoms with Crippen LogP contribution in [0.3, 0.4) is 0 Å². The molecule has 1 atom stereocenters. The first-order chi connectivity index (χ1) is 9.31. The fraction of sp³-hybridized carbons (Fsp3) is 0.667. The molecule has 1 fully saturated rings. The van der Waals surface area contributed by atoms with Gasteiger partial charge in [0.2, 0.25) is 0 Å². The summed E-state index contributed by atoms with van der Waals surface area (Å²) >= 11 is 3.47. The van der Waals surface area contributed by atoms with Gasteiger partial charge in [0.05, 0.1) is 11.7 Å². The summed E-state index contributed by atoms with van der Waals surface area (Å²) in [5.41, 5.74) is 1.22. The summed E-state index contributed by atoms with van der Waals surface area (Å²) in [7, 11) is 0. The lowest BCUT2D eigenvalue weighted by Crippen LogP contribution is -2.45. The molecule has 0 saturated carbocycles. The van der Waals surface area contributed by atoms with Crippen LogP contribution in [0.25, 0.3) is 0 Å². The Morgan fingerprint density at radius 1 is 1.32 bits per heavy atom. The van der Waals surface area contributed by atoms with Crippen molar-refractivity contribution in [3.05, 3.63) is 28.5 Å². The molecule has 0 aliphatic carbocycles. The van der Waals surface area contributed by atoms with E-state index in [0.717, 1.165) is 30.7 Å². The van der Waals surface area contributed by atoms with Crippen LogP contribution in [0.5, 0.6) is 0 Å². The molecule has 2 rings (SSSR count). The first-order valence-electron chi connectivity index (χ1n) is 7.37. The molecule has 4 heteroatoms.